The van der Waals surface area contributed by atoms with Crippen molar-refractivity contribution in [2.24, 2.45) is 5.92 Å². The fraction of sp³-hybridized carbons (Fsp3) is 0.647. The van der Waals surface area contributed by atoms with Crippen LogP contribution in [0.1, 0.15) is 44.7 Å². The Labute approximate surface area is 137 Å². The molecule has 1 atom stereocenters. The number of aryl methyl sites for hydroxylation is 1. The number of amides is 2. The molecule has 1 aromatic heterocycles. The Hall–Kier alpha value is -1.98. The summed E-state index contributed by atoms with van der Waals surface area (Å²) >= 11 is 0. The topological polar surface area (TPSA) is 75.2 Å². The summed E-state index contributed by atoms with van der Waals surface area (Å²) in [5, 5.41) is 2.98. The number of likely N-dealkylation sites (tertiary alicyclic amines) is 1. The summed E-state index contributed by atoms with van der Waals surface area (Å²) < 4.78 is 0. The molecule has 1 aromatic rings. The highest BCUT2D eigenvalue weighted by atomic mass is 16.2. The molecule has 0 radical (unpaired) electrons. The number of piperidine rings is 1. The van der Waals surface area contributed by atoms with Gasteiger partial charge >= 0.3 is 0 Å². The summed E-state index contributed by atoms with van der Waals surface area (Å²) in [5.74, 6) is 0.653. The molecule has 0 spiro atoms. The van der Waals surface area contributed by atoms with Crippen molar-refractivity contribution < 1.29 is 9.59 Å². The lowest BCUT2D eigenvalue weighted by molar-refractivity contribution is -0.132. The molecule has 0 aliphatic carbocycles. The second-order valence-electron chi connectivity index (χ2n) is 6.10. The van der Waals surface area contributed by atoms with Gasteiger partial charge in [-0.1, -0.05) is 6.92 Å². The van der Waals surface area contributed by atoms with Crippen molar-refractivity contribution in [2.45, 2.75) is 45.4 Å². The molecular formula is C17H26N4O2. The number of aromatic nitrogens is 2. The maximum absolute atomic E-state index is 12.4. The lowest BCUT2D eigenvalue weighted by atomic mass is 9.97. The number of carbonyl (C=O) groups is 2. The van der Waals surface area contributed by atoms with Crippen LogP contribution in [0.15, 0.2) is 18.6 Å². The molecule has 0 bridgehead atoms. The van der Waals surface area contributed by atoms with Crippen LogP contribution < -0.4 is 5.32 Å². The van der Waals surface area contributed by atoms with Gasteiger partial charge in [0.2, 0.25) is 11.8 Å². The van der Waals surface area contributed by atoms with Crippen molar-refractivity contribution in [1.29, 1.82) is 0 Å². The number of rotatable bonds is 7. The van der Waals surface area contributed by atoms with E-state index < -0.39 is 0 Å². The number of hydrogen-bond donors (Lipinski definition) is 1. The Morgan fingerprint density at radius 1 is 1.39 bits per heavy atom. The van der Waals surface area contributed by atoms with E-state index in [4.69, 9.17) is 0 Å². The third-order valence-corrected chi connectivity index (χ3v) is 4.17. The minimum atomic E-state index is 0.111. The van der Waals surface area contributed by atoms with E-state index in [1.165, 1.54) is 6.33 Å². The molecule has 1 saturated heterocycles. The van der Waals surface area contributed by atoms with Gasteiger partial charge in [-0.2, -0.15) is 0 Å². The number of nitrogens with zero attached hydrogens (tertiary/aromatic N) is 3. The van der Waals surface area contributed by atoms with Gasteiger partial charge in [-0.3, -0.25) is 9.59 Å². The predicted octanol–water partition coefficient (Wildman–Crippen LogP) is 1.56. The Morgan fingerprint density at radius 2 is 2.26 bits per heavy atom. The molecule has 6 nitrogen and oxygen atoms in total. The first-order valence-corrected chi connectivity index (χ1v) is 8.48. The van der Waals surface area contributed by atoms with Crippen LogP contribution in [-0.4, -0.2) is 46.3 Å². The summed E-state index contributed by atoms with van der Waals surface area (Å²) in [6.45, 7) is 4.24. The van der Waals surface area contributed by atoms with Crippen molar-refractivity contribution in [3.8, 4) is 0 Å². The van der Waals surface area contributed by atoms with E-state index in [1.807, 2.05) is 17.9 Å². The van der Waals surface area contributed by atoms with Gasteiger partial charge in [-0.15, -0.1) is 0 Å². The SMILES string of the molecule is CCCC(=O)NCC1CCCN(C(=O)CCc2ccncn2)C1. The van der Waals surface area contributed by atoms with Gasteiger partial charge in [0, 0.05) is 44.4 Å². The summed E-state index contributed by atoms with van der Waals surface area (Å²) in [6.07, 6.45) is 7.86. The van der Waals surface area contributed by atoms with E-state index in [9.17, 15) is 9.59 Å². The van der Waals surface area contributed by atoms with Crippen molar-refractivity contribution >= 4 is 11.8 Å². The molecule has 1 N–H and O–H groups in total. The van der Waals surface area contributed by atoms with E-state index in [-0.39, 0.29) is 11.8 Å². The molecule has 1 aliphatic rings. The quantitative estimate of drug-likeness (QED) is 0.828. The van der Waals surface area contributed by atoms with Gasteiger partial charge in [0.15, 0.2) is 0 Å². The molecule has 2 amide bonds. The Balaban J connectivity index is 1.74. The first-order valence-electron chi connectivity index (χ1n) is 8.48. The molecule has 2 rings (SSSR count). The van der Waals surface area contributed by atoms with Gasteiger partial charge in [-0.05, 0) is 37.7 Å². The Morgan fingerprint density at radius 3 is 3.00 bits per heavy atom. The van der Waals surface area contributed by atoms with E-state index in [2.05, 4.69) is 15.3 Å². The Kier molecular flexibility index (Phi) is 6.97. The highest BCUT2D eigenvalue weighted by Gasteiger charge is 2.23. The average molecular weight is 318 g/mol. The lowest BCUT2D eigenvalue weighted by Crippen LogP contribution is -2.43. The van der Waals surface area contributed by atoms with Crippen LogP contribution in [0.3, 0.4) is 0 Å². The smallest absolute Gasteiger partial charge is 0.222 e. The molecule has 2 heterocycles. The third kappa shape index (κ3) is 5.96. The van der Waals surface area contributed by atoms with E-state index in [0.29, 0.717) is 31.7 Å². The van der Waals surface area contributed by atoms with Crippen LogP contribution in [0.25, 0.3) is 0 Å². The standard InChI is InChI=1S/C17H26N4O2/c1-2-4-16(22)19-11-14-5-3-10-21(12-14)17(23)7-6-15-8-9-18-13-20-15/h8-9,13-14H,2-7,10-12H2,1H3,(H,19,22). The van der Waals surface area contributed by atoms with Crippen molar-refractivity contribution in [1.82, 2.24) is 20.2 Å². The maximum atomic E-state index is 12.4. The molecule has 1 unspecified atom stereocenters. The minimum Gasteiger partial charge on any atom is -0.356 e. The van der Waals surface area contributed by atoms with Gasteiger partial charge in [0.25, 0.3) is 0 Å². The molecule has 6 heteroatoms. The second-order valence-corrected chi connectivity index (χ2v) is 6.10. The number of hydrogen-bond acceptors (Lipinski definition) is 4. The van der Waals surface area contributed by atoms with Gasteiger partial charge in [-0.25, -0.2) is 9.97 Å². The molecule has 0 saturated carbocycles. The normalized spacial score (nSPS) is 17.8. The van der Waals surface area contributed by atoms with Crippen LogP contribution >= 0.6 is 0 Å². The van der Waals surface area contributed by atoms with Crippen LogP contribution in [0, 0.1) is 5.92 Å². The van der Waals surface area contributed by atoms with Crippen LogP contribution in [0.5, 0.6) is 0 Å². The second kappa shape index (κ2) is 9.22. The molecular weight excluding hydrogens is 292 g/mol. The fourth-order valence-corrected chi connectivity index (χ4v) is 2.89. The van der Waals surface area contributed by atoms with Crippen molar-refractivity contribution in [2.75, 3.05) is 19.6 Å². The maximum Gasteiger partial charge on any atom is 0.222 e. The minimum absolute atomic E-state index is 0.111. The first-order chi connectivity index (χ1) is 11.2. The number of carbonyl (C=O) groups excluding carboxylic acids is 2. The lowest BCUT2D eigenvalue weighted by Gasteiger charge is -2.33. The summed E-state index contributed by atoms with van der Waals surface area (Å²) in [7, 11) is 0. The van der Waals surface area contributed by atoms with Gasteiger partial charge in [0.1, 0.15) is 6.33 Å². The monoisotopic (exact) mass is 318 g/mol. The molecule has 1 aliphatic heterocycles. The highest BCUT2D eigenvalue weighted by Crippen LogP contribution is 2.17. The summed E-state index contributed by atoms with van der Waals surface area (Å²) in [4.78, 5) is 33.9. The third-order valence-electron chi connectivity index (χ3n) is 4.17. The Bertz CT molecular complexity index is 507. The van der Waals surface area contributed by atoms with Crippen molar-refractivity contribution in [3.63, 3.8) is 0 Å². The molecule has 23 heavy (non-hydrogen) atoms. The zero-order valence-corrected chi connectivity index (χ0v) is 13.8. The largest absolute Gasteiger partial charge is 0.356 e. The zero-order valence-electron chi connectivity index (χ0n) is 13.8. The average Bonchev–Trinajstić information content (AvgIpc) is 2.59. The summed E-state index contributed by atoms with van der Waals surface area (Å²) in [5.41, 5.74) is 0.897. The van der Waals surface area contributed by atoms with Crippen LogP contribution in [-0.2, 0) is 16.0 Å². The van der Waals surface area contributed by atoms with Gasteiger partial charge < -0.3 is 10.2 Å². The van der Waals surface area contributed by atoms with E-state index in [0.717, 1.165) is 38.0 Å². The zero-order chi connectivity index (χ0) is 16.5. The summed E-state index contributed by atoms with van der Waals surface area (Å²) in [6, 6.07) is 1.84. The highest BCUT2D eigenvalue weighted by molar-refractivity contribution is 5.77. The van der Waals surface area contributed by atoms with Crippen LogP contribution in [0.2, 0.25) is 0 Å². The first kappa shape index (κ1) is 17.4. The van der Waals surface area contributed by atoms with Gasteiger partial charge in [0.05, 0.1) is 0 Å². The van der Waals surface area contributed by atoms with E-state index >= 15 is 0 Å². The fourth-order valence-electron chi connectivity index (χ4n) is 2.89. The predicted molar refractivity (Wildman–Crippen MR) is 87.6 cm³/mol. The molecule has 0 aromatic carbocycles. The molecule has 1 fully saturated rings. The van der Waals surface area contributed by atoms with Crippen LogP contribution in [0.4, 0.5) is 0 Å². The van der Waals surface area contributed by atoms with E-state index in [1.54, 1.807) is 6.20 Å². The van der Waals surface area contributed by atoms with Crippen molar-refractivity contribution in [3.05, 3.63) is 24.3 Å². The molecule has 126 valence electrons. The number of nitrogens with one attached hydrogen (secondary N) is 1.